The zero-order chi connectivity index (χ0) is 20.3. The first-order valence-corrected chi connectivity index (χ1v) is 10.1. The molecule has 0 aliphatic carbocycles. The van der Waals surface area contributed by atoms with E-state index < -0.39 is 15.9 Å². The largest absolute Gasteiger partial charge is 0.493 e. The van der Waals surface area contributed by atoms with E-state index >= 15 is 0 Å². The van der Waals surface area contributed by atoms with E-state index in [1.165, 1.54) is 18.9 Å². The highest BCUT2D eigenvalue weighted by Gasteiger charge is 2.22. The summed E-state index contributed by atoms with van der Waals surface area (Å²) < 4.78 is 37.1. The Morgan fingerprint density at radius 2 is 1.71 bits per heavy atom. The number of benzene rings is 2. The van der Waals surface area contributed by atoms with E-state index in [1.54, 1.807) is 24.4 Å². The maximum Gasteiger partial charge on any atom is 0.285 e. The summed E-state index contributed by atoms with van der Waals surface area (Å²) in [6.45, 7) is 0. The quantitative estimate of drug-likeness (QED) is 0.680. The fourth-order valence-corrected chi connectivity index (χ4v) is 3.12. The molecule has 0 saturated carbocycles. The number of sulfonamides is 1. The van der Waals surface area contributed by atoms with Crippen molar-refractivity contribution in [3.8, 4) is 28.3 Å². The number of aromatic nitrogens is 2. The average Bonchev–Trinajstić information content (AvgIpc) is 3.12. The first-order chi connectivity index (χ1) is 13.3. The fourth-order valence-electron chi connectivity index (χ4n) is 2.69. The molecule has 0 fully saturated rings. The maximum absolute atomic E-state index is 12.6. The van der Waals surface area contributed by atoms with Crippen LogP contribution >= 0.6 is 0 Å². The van der Waals surface area contributed by atoms with Gasteiger partial charge >= 0.3 is 0 Å². The van der Waals surface area contributed by atoms with Gasteiger partial charge in [0.2, 0.25) is 10.0 Å². The van der Waals surface area contributed by atoms with Crippen LogP contribution in [0.1, 0.15) is 10.5 Å². The molecule has 0 unspecified atom stereocenters. The van der Waals surface area contributed by atoms with Crippen molar-refractivity contribution in [3.63, 3.8) is 0 Å². The van der Waals surface area contributed by atoms with Gasteiger partial charge in [0.25, 0.3) is 5.91 Å². The number of hydrogen-bond acceptors (Lipinski definition) is 6. The lowest BCUT2D eigenvalue weighted by Crippen LogP contribution is -2.30. The number of carbonyl (C=O) groups is 1. The van der Waals surface area contributed by atoms with Gasteiger partial charge in [-0.05, 0) is 29.8 Å². The first kappa shape index (κ1) is 19.4. The molecule has 8 nitrogen and oxygen atoms in total. The molecule has 0 bridgehead atoms. The number of carbonyl (C=O) groups excluding carboxylic acids is 1. The Morgan fingerprint density at radius 3 is 2.32 bits per heavy atom. The van der Waals surface area contributed by atoms with Crippen molar-refractivity contribution in [2.24, 2.45) is 0 Å². The smallest absolute Gasteiger partial charge is 0.285 e. The van der Waals surface area contributed by atoms with Gasteiger partial charge in [-0.2, -0.15) is 5.10 Å². The van der Waals surface area contributed by atoms with Gasteiger partial charge in [-0.25, -0.2) is 17.8 Å². The lowest BCUT2D eigenvalue weighted by molar-refractivity contribution is 0.0977. The van der Waals surface area contributed by atoms with Crippen LogP contribution in [0.5, 0.6) is 11.5 Å². The van der Waals surface area contributed by atoms with E-state index in [1.807, 2.05) is 35.1 Å². The summed E-state index contributed by atoms with van der Waals surface area (Å²) in [6, 6.07) is 14.3. The van der Waals surface area contributed by atoms with Gasteiger partial charge in [0.1, 0.15) is 0 Å². The minimum atomic E-state index is -3.74. The average molecular weight is 401 g/mol. The van der Waals surface area contributed by atoms with Crippen molar-refractivity contribution in [1.29, 1.82) is 0 Å². The third-order valence-corrected chi connectivity index (χ3v) is 4.48. The zero-order valence-electron chi connectivity index (χ0n) is 15.5. The molecule has 1 aromatic heterocycles. The molecule has 1 amide bonds. The van der Waals surface area contributed by atoms with Gasteiger partial charge in [0.15, 0.2) is 17.2 Å². The maximum atomic E-state index is 12.6. The van der Waals surface area contributed by atoms with Crippen molar-refractivity contribution in [1.82, 2.24) is 14.5 Å². The molecule has 0 aliphatic rings. The summed E-state index contributed by atoms with van der Waals surface area (Å²) in [5, 5.41) is 4.31. The van der Waals surface area contributed by atoms with Crippen LogP contribution in [-0.2, 0) is 10.0 Å². The van der Waals surface area contributed by atoms with Gasteiger partial charge in [-0.1, -0.05) is 24.3 Å². The number of ether oxygens (including phenoxy) is 2. The Kier molecular flexibility index (Phi) is 5.36. The van der Waals surface area contributed by atoms with E-state index in [-0.39, 0.29) is 5.69 Å². The van der Waals surface area contributed by atoms with Gasteiger partial charge in [-0.3, -0.25) is 4.79 Å². The highest BCUT2D eigenvalue weighted by Crippen LogP contribution is 2.34. The lowest BCUT2D eigenvalue weighted by atomic mass is 10.1. The monoisotopic (exact) mass is 401 g/mol. The van der Waals surface area contributed by atoms with Gasteiger partial charge in [-0.15, -0.1) is 0 Å². The van der Waals surface area contributed by atoms with Crippen LogP contribution in [0, 0.1) is 0 Å². The molecule has 3 rings (SSSR count). The second kappa shape index (κ2) is 7.73. The molecule has 28 heavy (non-hydrogen) atoms. The molecular formula is C19H19N3O5S. The summed E-state index contributed by atoms with van der Waals surface area (Å²) in [7, 11) is -0.713. The molecule has 3 aromatic rings. The van der Waals surface area contributed by atoms with E-state index in [9.17, 15) is 13.2 Å². The van der Waals surface area contributed by atoms with Crippen LogP contribution in [0.4, 0.5) is 0 Å². The van der Waals surface area contributed by atoms with Gasteiger partial charge in [0.05, 0.1) is 26.2 Å². The van der Waals surface area contributed by atoms with Crippen molar-refractivity contribution >= 4 is 15.9 Å². The minimum absolute atomic E-state index is 0.0264. The Morgan fingerprint density at radius 1 is 1.04 bits per heavy atom. The Bertz CT molecular complexity index is 1110. The molecule has 146 valence electrons. The molecule has 1 N–H and O–H groups in total. The zero-order valence-corrected chi connectivity index (χ0v) is 16.4. The van der Waals surface area contributed by atoms with Crippen LogP contribution < -0.4 is 14.2 Å². The lowest BCUT2D eigenvalue weighted by Gasteiger charge is -2.09. The van der Waals surface area contributed by atoms with Crippen LogP contribution in [0.2, 0.25) is 0 Å². The molecule has 1 heterocycles. The topological polar surface area (TPSA) is 99.5 Å². The second-order valence-electron chi connectivity index (χ2n) is 5.94. The highest BCUT2D eigenvalue weighted by atomic mass is 32.2. The number of para-hydroxylation sites is 1. The second-order valence-corrected chi connectivity index (χ2v) is 7.69. The first-order valence-electron chi connectivity index (χ1n) is 8.22. The molecule has 0 spiro atoms. The standard InChI is InChI=1S/C19H19N3O5S/c1-26-16-10-9-13(11-17(16)27-2)15-12-22(14-7-5-4-6-8-14)20-18(15)19(23)21-28(3,24)25/h4-12H,1-3H3,(H,21,23). The van der Waals surface area contributed by atoms with E-state index in [4.69, 9.17) is 9.47 Å². The summed E-state index contributed by atoms with van der Waals surface area (Å²) in [5.74, 6) is 0.188. The summed E-state index contributed by atoms with van der Waals surface area (Å²) in [6.07, 6.45) is 2.57. The Balaban J connectivity index is 2.15. The highest BCUT2D eigenvalue weighted by molar-refractivity contribution is 7.89. The molecular weight excluding hydrogens is 382 g/mol. The Labute approximate surface area is 162 Å². The summed E-state index contributed by atoms with van der Waals surface area (Å²) in [5.41, 5.74) is 1.77. The molecule has 2 aromatic carbocycles. The van der Waals surface area contributed by atoms with Crippen molar-refractivity contribution in [2.75, 3.05) is 20.5 Å². The van der Waals surface area contributed by atoms with Crippen molar-refractivity contribution < 1.29 is 22.7 Å². The van der Waals surface area contributed by atoms with Crippen LogP contribution in [-0.4, -0.2) is 44.6 Å². The van der Waals surface area contributed by atoms with Crippen molar-refractivity contribution in [2.45, 2.75) is 0 Å². The van der Waals surface area contributed by atoms with E-state index in [0.717, 1.165) is 11.9 Å². The Hall–Kier alpha value is -3.33. The number of nitrogens with one attached hydrogen (secondary N) is 1. The normalized spacial score (nSPS) is 11.1. The third-order valence-electron chi connectivity index (χ3n) is 3.92. The number of rotatable bonds is 6. The third kappa shape index (κ3) is 4.15. The molecule has 0 radical (unpaired) electrons. The fraction of sp³-hybridized carbons (Fsp3) is 0.158. The predicted molar refractivity (Wildman–Crippen MR) is 104 cm³/mol. The summed E-state index contributed by atoms with van der Waals surface area (Å²) >= 11 is 0. The van der Waals surface area contributed by atoms with Gasteiger partial charge in [0, 0.05) is 11.8 Å². The van der Waals surface area contributed by atoms with Crippen LogP contribution in [0.15, 0.2) is 54.7 Å². The number of methoxy groups -OCH3 is 2. The predicted octanol–water partition coefficient (Wildman–Crippen LogP) is 2.25. The molecule has 0 aliphatic heterocycles. The molecule has 0 atom stereocenters. The SMILES string of the molecule is COc1ccc(-c2cn(-c3ccccc3)nc2C(=O)NS(C)(=O)=O)cc1OC. The minimum Gasteiger partial charge on any atom is -0.493 e. The summed E-state index contributed by atoms with van der Waals surface area (Å²) in [4.78, 5) is 12.6. The van der Waals surface area contributed by atoms with Crippen molar-refractivity contribution in [3.05, 3.63) is 60.4 Å². The van der Waals surface area contributed by atoms with Crippen LogP contribution in [0.3, 0.4) is 0 Å². The molecule has 0 saturated heterocycles. The van der Waals surface area contributed by atoms with E-state index in [0.29, 0.717) is 22.6 Å². The molecule has 9 heteroatoms. The van der Waals surface area contributed by atoms with Gasteiger partial charge < -0.3 is 9.47 Å². The number of amides is 1. The number of hydrogen-bond donors (Lipinski definition) is 1. The van der Waals surface area contributed by atoms with E-state index in [2.05, 4.69) is 5.10 Å². The van der Waals surface area contributed by atoms with Crippen LogP contribution in [0.25, 0.3) is 16.8 Å². The number of nitrogens with zero attached hydrogens (tertiary/aromatic N) is 2.